The molecule has 0 bridgehead atoms. The van der Waals surface area contributed by atoms with Crippen LogP contribution in [-0.4, -0.2) is 26.0 Å². The van der Waals surface area contributed by atoms with Crippen LogP contribution >= 0.6 is 23.4 Å². The Morgan fingerprint density at radius 3 is 2.58 bits per heavy atom. The van der Waals surface area contributed by atoms with E-state index in [2.05, 4.69) is 10.3 Å². The van der Waals surface area contributed by atoms with Gasteiger partial charge in [-0.25, -0.2) is 9.67 Å². The molecule has 8 heteroatoms. The number of phenolic OH excluding ortho intramolecular Hbond substituents is 1. The van der Waals surface area contributed by atoms with Crippen LogP contribution < -0.4 is 5.32 Å². The number of nitrogens with zero attached hydrogens (tertiary/aromatic N) is 3. The standard InChI is InChI=1S/C25H17ClN4O2S/c26-18-11-9-16(10-12-18)23-17(15-30(29-23)20-6-2-1-3-7-20)13-22-24(28-25(32)33-22)27-19-5-4-8-21(31)14-19/h1-15,31H,(H,27,28,32). The molecule has 0 saturated carbocycles. The number of hydrogen-bond acceptors (Lipinski definition) is 5. The second-order valence-corrected chi connectivity index (χ2v) is 8.67. The first-order valence-electron chi connectivity index (χ1n) is 10.0. The topological polar surface area (TPSA) is 79.5 Å². The molecular formula is C25H17ClN4O2S. The van der Waals surface area contributed by atoms with Crippen molar-refractivity contribution in [1.29, 1.82) is 0 Å². The summed E-state index contributed by atoms with van der Waals surface area (Å²) >= 11 is 7.14. The number of hydrogen-bond donors (Lipinski definition) is 2. The van der Waals surface area contributed by atoms with Crippen LogP contribution in [0.3, 0.4) is 0 Å². The van der Waals surface area contributed by atoms with Crippen LogP contribution in [0.5, 0.6) is 5.75 Å². The first-order chi connectivity index (χ1) is 16.0. The lowest BCUT2D eigenvalue weighted by Crippen LogP contribution is -2.18. The van der Waals surface area contributed by atoms with Crippen molar-refractivity contribution in [3.8, 4) is 22.7 Å². The molecule has 2 heterocycles. The summed E-state index contributed by atoms with van der Waals surface area (Å²) in [6.45, 7) is 0. The van der Waals surface area contributed by atoms with Gasteiger partial charge in [-0.15, -0.1) is 0 Å². The summed E-state index contributed by atoms with van der Waals surface area (Å²) in [6, 6.07) is 23.8. The van der Waals surface area contributed by atoms with Gasteiger partial charge in [0.25, 0.3) is 5.24 Å². The molecular weight excluding hydrogens is 456 g/mol. The maximum Gasteiger partial charge on any atom is 0.289 e. The Kier molecular flexibility index (Phi) is 5.73. The van der Waals surface area contributed by atoms with E-state index in [-0.39, 0.29) is 11.0 Å². The van der Waals surface area contributed by atoms with E-state index in [1.165, 1.54) is 6.07 Å². The molecule has 1 aromatic heterocycles. The molecule has 33 heavy (non-hydrogen) atoms. The minimum atomic E-state index is -0.219. The normalized spacial score (nSPS) is 15.8. The smallest absolute Gasteiger partial charge is 0.289 e. The predicted molar refractivity (Wildman–Crippen MR) is 133 cm³/mol. The van der Waals surface area contributed by atoms with Gasteiger partial charge in [0.1, 0.15) is 11.6 Å². The molecule has 4 aromatic rings. The molecule has 0 spiro atoms. The zero-order chi connectivity index (χ0) is 22.8. The quantitative estimate of drug-likeness (QED) is 0.359. The second-order valence-electron chi connectivity index (χ2n) is 7.22. The van der Waals surface area contributed by atoms with Crippen LogP contribution in [0.2, 0.25) is 5.02 Å². The molecule has 6 nitrogen and oxygen atoms in total. The number of aromatic nitrogens is 2. The Balaban J connectivity index is 1.61. The average molecular weight is 473 g/mol. The van der Waals surface area contributed by atoms with Crippen LogP contribution in [0.4, 0.5) is 10.5 Å². The van der Waals surface area contributed by atoms with Gasteiger partial charge in [0, 0.05) is 28.4 Å². The lowest BCUT2D eigenvalue weighted by atomic mass is 10.1. The van der Waals surface area contributed by atoms with E-state index < -0.39 is 0 Å². The maximum absolute atomic E-state index is 12.2. The number of halogens is 1. The SMILES string of the molecule is O=C1NC(=Nc2cccc(O)c2)C(=Cc2cn(-c3ccccc3)nc2-c2ccc(Cl)cc2)S1. The van der Waals surface area contributed by atoms with E-state index >= 15 is 0 Å². The third-order valence-corrected chi connectivity index (χ3v) is 5.97. The Labute approximate surface area is 199 Å². The summed E-state index contributed by atoms with van der Waals surface area (Å²) in [7, 11) is 0. The van der Waals surface area contributed by atoms with Crippen LogP contribution in [0.1, 0.15) is 5.56 Å². The molecule has 1 aliphatic rings. The Bertz CT molecular complexity index is 1400. The summed E-state index contributed by atoms with van der Waals surface area (Å²) in [4.78, 5) is 17.4. The van der Waals surface area contributed by atoms with Crippen molar-refractivity contribution in [2.24, 2.45) is 4.99 Å². The Morgan fingerprint density at radius 1 is 1.03 bits per heavy atom. The lowest BCUT2D eigenvalue weighted by molar-refractivity contribution is 0.265. The summed E-state index contributed by atoms with van der Waals surface area (Å²) in [5, 5.41) is 17.7. The molecule has 1 fully saturated rings. The third kappa shape index (κ3) is 4.69. The number of amidine groups is 1. The number of carbonyl (C=O) groups is 1. The fourth-order valence-electron chi connectivity index (χ4n) is 3.38. The van der Waals surface area contributed by atoms with E-state index in [0.29, 0.717) is 21.5 Å². The zero-order valence-electron chi connectivity index (χ0n) is 17.1. The van der Waals surface area contributed by atoms with Gasteiger partial charge in [0.15, 0.2) is 0 Å². The monoisotopic (exact) mass is 472 g/mol. The number of benzene rings is 3. The molecule has 0 aliphatic carbocycles. The molecule has 0 unspecified atom stereocenters. The highest BCUT2D eigenvalue weighted by Gasteiger charge is 2.25. The van der Waals surface area contributed by atoms with Gasteiger partial charge in [-0.2, -0.15) is 5.10 Å². The van der Waals surface area contributed by atoms with Crippen molar-refractivity contribution < 1.29 is 9.90 Å². The fraction of sp³-hybridized carbons (Fsp3) is 0. The Morgan fingerprint density at radius 2 is 1.82 bits per heavy atom. The van der Waals surface area contributed by atoms with Gasteiger partial charge >= 0.3 is 0 Å². The van der Waals surface area contributed by atoms with Crippen LogP contribution in [0.25, 0.3) is 23.0 Å². The number of nitrogens with one attached hydrogen (secondary N) is 1. The molecule has 2 N–H and O–H groups in total. The van der Waals surface area contributed by atoms with E-state index in [0.717, 1.165) is 34.3 Å². The number of aliphatic imine (C=N–C) groups is 1. The Hall–Kier alpha value is -3.81. The second kappa shape index (κ2) is 8.97. The first kappa shape index (κ1) is 21.1. The van der Waals surface area contributed by atoms with Gasteiger partial charge in [-0.3, -0.25) is 4.79 Å². The molecule has 0 atom stereocenters. The van der Waals surface area contributed by atoms with Gasteiger partial charge in [0.2, 0.25) is 0 Å². The van der Waals surface area contributed by atoms with Crippen LogP contribution in [0.15, 0.2) is 95.0 Å². The predicted octanol–water partition coefficient (Wildman–Crippen LogP) is 6.43. The van der Waals surface area contributed by atoms with Crippen molar-refractivity contribution in [3.63, 3.8) is 0 Å². The minimum absolute atomic E-state index is 0.105. The van der Waals surface area contributed by atoms with Crippen molar-refractivity contribution in [1.82, 2.24) is 15.1 Å². The fourth-order valence-corrected chi connectivity index (χ4v) is 4.24. The lowest BCUT2D eigenvalue weighted by Gasteiger charge is -2.02. The number of carbonyl (C=O) groups excluding carboxylic acids is 1. The van der Waals surface area contributed by atoms with Crippen molar-refractivity contribution in [2.45, 2.75) is 0 Å². The summed E-state index contributed by atoms with van der Waals surface area (Å²) in [5.74, 6) is 0.527. The molecule has 3 aromatic carbocycles. The number of thioether (sulfide) groups is 1. The van der Waals surface area contributed by atoms with E-state index in [9.17, 15) is 9.90 Å². The number of rotatable bonds is 4. The number of amides is 1. The number of aromatic hydroxyl groups is 1. The van der Waals surface area contributed by atoms with Crippen LogP contribution in [-0.2, 0) is 0 Å². The maximum atomic E-state index is 12.2. The van der Waals surface area contributed by atoms with Gasteiger partial charge in [-0.1, -0.05) is 48.0 Å². The van der Waals surface area contributed by atoms with Gasteiger partial charge in [0.05, 0.1) is 22.0 Å². The number of phenols is 1. The van der Waals surface area contributed by atoms with E-state index in [1.807, 2.05) is 66.9 Å². The molecule has 1 aliphatic heterocycles. The highest BCUT2D eigenvalue weighted by molar-refractivity contribution is 8.18. The summed E-state index contributed by atoms with van der Waals surface area (Å²) < 4.78 is 1.80. The molecule has 5 rings (SSSR count). The molecule has 1 saturated heterocycles. The first-order valence-corrected chi connectivity index (χ1v) is 11.2. The zero-order valence-corrected chi connectivity index (χ0v) is 18.7. The highest BCUT2D eigenvalue weighted by Crippen LogP contribution is 2.33. The van der Waals surface area contributed by atoms with Crippen molar-refractivity contribution in [3.05, 3.63) is 101 Å². The van der Waals surface area contributed by atoms with Crippen molar-refractivity contribution >= 4 is 46.2 Å². The van der Waals surface area contributed by atoms with Crippen molar-refractivity contribution in [2.75, 3.05) is 0 Å². The molecule has 162 valence electrons. The van der Waals surface area contributed by atoms with E-state index in [4.69, 9.17) is 16.7 Å². The minimum Gasteiger partial charge on any atom is -0.508 e. The summed E-state index contributed by atoms with van der Waals surface area (Å²) in [5.41, 5.74) is 3.93. The number of para-hydroxylation sites is 1. The highest BCUT2D eigenvalue weighted by atomic mass is 35.5. The van der Waals surface area contributed by atoms with Crippen LogP contribution in [0, 0.1) is 0 Å². The van der Waals surface area contributed by atoms with E-state index in [1.54, 1.807) is 22.9 Å². The third-order valence-electron chi connectivity index (χ3n) is 4.89. The average Bonchev–Trinajstić information content (AvgIpc) is 3.38. The molecule has 1 amide bonds. The molecule has 0 radical (unpaired) electrons. The summed E-state index contributed by atoms with van der Waals surface area (Å²) in [6.07, 6.45) is 3.81. The van der Waals surface area contributed by atoms with Gasteiger partial charge < -0.3 is 10.4 Å². The largest absolute Gasteiger partial charge is 0.508 e. The van der Waals surface area contributed by atoms with Gasteiger partial charge in [-0.05, 0) is 54.2 Å².